The third-order valence-electron chi connectivity index (χ3n) is 1.06. The molecule has 0 heterocycles. The summed E-state index contributed by atoms with van der Waals surface area (Å²) >= 11 is 0. The maximum absolute atomic E-state index is 10.5. The zero-order chi connectivity index (χ0) is 9.61. The van der Waals surface area contributed by atoms with E-state index in [0.29, 0.717) is 0 Å². The van der Waals surface area contributed by atoms with Crippen LogP contribution in [0.3, 0.4) is 0 Å². The van der Waals surface area contributed by atoms with E-state index in [9.17, 15) is 17.8 Å². The van der Waals surface area contributed by atoms with E-state index >= 15 is 0 Å². The first kappa shape index (κ1) is 15.2. The van der Waals surface area contributed by atoms with Crippen molar-refractivity contribution in [1.29, 1.82) is 0 Å². The molecule has 0 unspecified atom stereocenters. The Morgan fingerprint density at radius 1 is 1.54 bits per heavy atom. The van der Waals surface area contributed by atoms with Gasteiger partial charge in [-0.15, -0.1) is 0 Å². The standard InChI is InChI=1S/C6H11NO4S.Li/c1-2-6(8)7-4-3-5-12(9,10)11;/h2H,1,3-5H2,(H,7,8)(H,9,10,11);/q;+1/p-1. The Morgan fingerprint density at radius 2 is 2.08 bits per heavy atom. The molecule has 1 amide bonds. The zero-order valence-electron chi connectivity index (χ0n) is 7.45. The Bertz CT molecular complexity index is 262. The van der Waals surface area contributed by atoms with Gasteiger partial charge < -0.3 is 9.87 Å². The van der Waals surface area contributed by atoms with Gasteiger partial charge in [-0.3, -0.25) is 4.79 Å². The second-order valence-electron chi connectivity index (χ2n) is 2.11. The number of nitrogens with one attached hydrogen (secondary N) is 1. The first-order chi connectivity index (χ1) is 5.45. The molecule has 5 nitrogen and oxygen atoms in total. The molecule has 13 heavy (non-hydrogen) atoms. The van der Waals surface area contributed by atoms with Crippen LogP contribution in [-0.2, 0) is 14.9 Å². The van der Waals surface area contributed by atoms with Gasteiger partial charge in [0, 0.05) is 12.3 Å². The predicted molar refractivity (Wildman–Crippen MR) is 42.4 cm³/mol. The molecule has 0 aliphatic rings. The van der Waals surface area contributed by atoms with Crippen LogP contribution < -0.4 is 24.2 Å². The van der Waals surface area contributed by atoms with Crippen LogP contribution in [0.2, 0.25) is 0 Å². The van der Waals surface area contributed by atoms with Crippen LogP contribution in [0.1, 0.15) is 6.42 Å². The molecule has 0 aliphatic carbocycles. The van der Waals surface area contributed by atoms with E-state index < -0.39 is 15.9 Å². The minimum absolute atomic E-state index is 0. The summed E-state index contributed by atoms with van der Waals surface area (Å²) in [4.78, 5) is 10.5. The third-order valence-corrected chi connectivity index (χ3v) is 1.84. The predicted octanol–water partition coefficient (Wildman–Crippen LogP) is -3.77. The monoisotopic (exact) mass is 199 g/mol. The summed E-state index contributed by atoms with van der Waals surface area (Å²) in [6.45, 7) is 3.37. The molecule has 0 aromatic rings. The molecule has 0 aromatic heterocycles. The second-order valence-corrected chi connectivity index (χ2v) is 3.63. The van der Waals surface area contributed by atoms with Gasteiger partial charge in [-0.1, -0.05) is 6.58 Å². The molecule has 0 saturated heterocycles. The fourth-order valence-corrected chi connectivity index (χ4v) is 1.03. The number of hydrogen-bond acceptors (Lipinski definition) is 4. The van der Waals surface area contributed by atoms with E-state index in [0.717, 1.165) is 6.08 Å². The molecule has 0 aromatic carbocycles. The third kappa shape index (κ3) is 11.7. The van der Waals surface area contributed by atoms with E-state index in [2.05, 4.69) is 11.9 Å². The maximum atomic E-state index is 10.5. The zero-order valence-corrected chi connectivity index (χ0v) is 8.26. The molecular weight excluding hydrogens is 189 g/mol. The van der Waals surface area contributed by atoms with Gasteiger partial charge in [-0.2, -0.15) is 0 Å². The Balaban J connectivity index is 0. The Labute approximate surface area is 89.5 Å². The van der Waals surface area contributed by atoms with Gasteiger partial charge in [0.15, 0.2) is 0 Å². The summed E-state index contributed by atoms with van der Waals surface area (Å²) in [6.07, 6.45) is 1.21. The molecule has 0 saturated carbocycles. The molecule has 0 aliphatic heterocycles. The van der Waals surface area contributed by atoms with Crippen LogP contribution in [0.5, 0.6) is 0 Å². The van der Waals surface area contributed by atoms with Gasteiger partial charge in [0.2, 0.25) is 5.91 Å². The number of amides is 1. The van der Waals surface area contributed by atoms with Crippen LogP contribution in [0.4, 0.5) is 0 Å². The summed E-state index contributed by atoms with van der Waals surface area (Å²) in [5, 5.41) is 2.34. The van der Waals surface area contributed by atoms with E-state index in [1.54, 1.807) is 0 Å². The van der Waals surface area contributed by atoms with Crippen molar-refractivity contribution >= 4 is 16.0 Å². The normalized spacial score (nSPS) is 9.92. The van der Waals surface area contributed by atoms with Crippen molar-refractivity contribution in [2.75, 3.05) is 12.3 Å². The SMILES string of the molecule is C=CC(=O)NCCCS(=O)(=O)[O-].[Li+]. The van der Waals surface area contributed by atoms with Gasteiger partial charge >= 0.3 is 18.9 Å². The fraction of sp³-hybridized carbons (Fsp3) is 0.500. The van der Waals surface area contributed by atoms with E-state index in [1.165, 1.54) is 0 Å². The van der Waals surface area contributed by atoms with Gasteiger partial charge in [0.25, 0.3) is 0 Å². The van der Waals surface area contributed by atoms with Crippen molar-refractivity contribution in [2.45, 2.75) is 6.42 Å². The first-order valence-electron chi connectivity index (χ1n) is 3.29. The number of carbonyl (C=O) groups is 1. The molecular formula is C6H10LiNO4S. The molecule has 1 N–H and O–H groups in total. The van der Waals surface area contributed by atoms with Crippen LogP contribution in [-0.4, -0.2) is 31.2 Å². The van der Waals surface area contributed by atoms with Crippen molar-refractivity contribution in [3.63, 3.8) is 0 Å². The fourth-order valence-electron chi connectivity index (χ4n) is 0.533. The average Bonchev–Trinajstić information content (AvgIpc) is 1.96. The maximum Gasteiger partial charge on any atom is 1.00 e. The topological polar surface area (TPSA) is 86.3 Å². The van der Waals surface area contributed by atoms with Gasteiger partial charge in [0.05, 0.1) is 10.1 Å². The molecule has 0 bridgehead atoms. The molecule has 0 atom stereocenters. The molecule has 0 radical (unpaired) electrons. The average molecular weight is 199 g/mol. The van der Waals surface area contributed by atoms with E-state index in [1.807, 2.05) is 0 Å². The van der Waals surface area contributed by atoms with Crippen LogP contribution >= 0.6 is 0 Å². The van der Waals surface area contributed by atoms with Gasteiger partial charge in [-0.25, -0.2) is 8.42 Å². The largest absolute Gasteiger partial charge is 1.00 e. The van der Waals surface area contributed by atoms with Crippen molar-refractivity contribution in [3.05, 3.63) is 12.7 Å². The van der Waals surface area contributed by atoms with Crippen LogP contribution in [0.15, 0.2) is 12.7 Å². The number of rotatable bonds is 5. The minimum Gasteiger partial charge on any atom is -0.748 e. The molecule has 0 fully saturated rings. The summed E-state index contributed by atoms with van der Waals surface area (Å²) in [6, 6.07) is 0. The Kier molecular flexibility index (Phi) is 8.36. The first-order valence-corrected chi connectivity index (χ1v) is 4.87. The van der Waals surface area contributed by atoms with Crippen LogP contribution in [0.25, 0.3) is 0 Å². The quantitative estimate of drug-likeness (QED) is 0.213. The van der Waals surface area contributed by atoms with Gasteiger partial charge in [0.1, 0.15) is 0 Å². The Morgan fingerprint density at radius 3 is 2.46 bits per heavy atom. The number of hydrogen-bond donors (Lipinski definition) is 1. The van der Waals surface area contributed by atoms with Crippen molar-refractivity contribution in [2.24, 2.45) is 0 Å². The summed E-state index contributed by atoms with van der Waals surface area (Å²) < 4.78 is 30.2. The van der Waals surface area contributed by atoms with E-state index in [4.69, 9.17) is 0 Å². The molecule has 0 spiro atoms. The van der Waals surface area contributed by atoms with Crippen molar-refractivity contribution in [3.8, 4) is 0 Å². The second kappa shape index (κ2) is 7.15. The summed E-state index contributed by atoms with van der Waals surface area (Å²) in [5.74, 6) is -0.831. The van der Waals surface area contributed by atoms with Crippen LogP contribution in [0, 0.1) is 0 Å². The minimum atomic E-state index is -4.16. The van der Waals surface area contributed by atoms with Gasteiger partial charge in [-0.05, 0) is 12.5 Å². The summed E-state index contributed by atoms with van der Waals surface area (Å²) in [5.41, 5.74) is 0. The molecule has 7 heteroatoms. The molecule has 70 valence electrons. The van der Waals surface area contributed by atoms with Crippen molar-refractivity contribution < 1.29 is 36.6 Å². The smallest absolute Gasteiger partial charge is 0.748 e. The molecule has 0 rings (SSSR count). The van der Waals surface area contributed by atoms with Crippen molar-refractivity contribution in [1.82, 2.24) is 5.32 Å². The Hall–Kier alpha value is -0.283. The van der Waals surface area contributed by atoms with E-state index in [-0.39, 0.29) is 37.7 Å². The summed E-state index contributed by atoms with van der Waals surface area (Å²) in [7, 11) is -4.16. The number of carbonyl (C=O) groups excluding carboxylic acids is 1.